The Morgan fingerprint density at radius 2 is 1.59 bits per heavy atom. The number of ether oxygens (including phenoxy) is 2. The van der Waals surface area contributed by atoms with Crippen molar-refractivity contribution in [1.29, 1.82) is 0 Å². The molecule has 3 fully saturated rings. The van der Waals surface area contributed by atoms with Crippen LogP contribution in [0.2, 0.25) is 0 Å². The second-order valence-electron chi connectivity index (χ2n) is 11.1. The van der Waals surface area contributed by atoms with Crippen LogP contribution in [0.25, 0.3) is 0 Å². The van der Waals surface area contributed by atoms with E-state index in [0.29, 0.717) is 54.0 Å². The summed E-state index contributed by atoms with van der Waals surface area (Å²) in [5.74, 6) is 1.44. The van der Waals surface area contributed by atoms with Crippen LogP contribution in [0.1, 0.15) is 62.5 Å². The normalized spacial score (nSPS) is 26.1. The molecule has 0 N–H and O–H groups in total. The Hall–Kier alpha value is -2.21. The SMILES string of the molecule is COc1cc(C)c(S(=O)(=O)N2CCC[C@H]2CCCS(=O)(=O)N2C3CCC2CC(Oc2ccncc2)C3)c(C)c1. The topological polar surface area (TPSA) is 106 Å². The first-order valence-electron chi connectivity index (χ1n) is 13.8. The van der Waals surface area contributed by atoms with Gasteiger partial charge in [0.05, 0.1) is 17.8 Å². The van der Waals surface area contributed by atoms with Crippen LogP contribution < -0.4 is 9.47 Å². The van der Waals surface area contributed by atoms with E-state index in [1.807, 2.05) is 12.1 Å². The van der Waals surface area contributed by atoms with Gasteiger partial charge in [-0.15, -0.1) is 0 Å². The van der Waals surface area contributed by atoms with Gasteiger partial charge >= 0.3 is 0 Å². The van der Waals surface area contributed by atoms with E-state index in [-0.39, 0.29) is 30.0 Å². The minimum absolute atomic E-state index is 0.00142. The maximum absolute atomic E-state index is 13.7. The van der Waals surface area contributed by atoms with Gasteiger partial charge in [-0.1, -0.05) is 0 Å². The standard InChI is InChI=1S/C28H39N3O6S2/c1-20-16-26(36-3)17-21(2)28(20)39(34,35)30-14-4-6-22(30)7-5-15-38(32,33)31-23-8-9-24(31)19-27(18-23)37-25-10-12-29-13-11-25/h10-13,16-17,22-24,27H,4-9,14-15,18-19H2,1-3H3/t22-,23?,24?,27?/m0/s1. The summed E-state index contributed by atoms with van der Waals surface area (Å²) in [5.41, 5.74) is 1.32. The molecule has 2 aromatic rings. The van der Waals surface area contributed by atoms with Gasteiger partial charge in [0, 0.05) is 49.9 Å². The van der Waals surface area contributed by atoms with Crippen molar-refractivity contribution in [3.63, 3.8) is 0 Å². The van der Waals surface area contributed by atoms with Gasteiger partial charge in [0.15, 0.2) is 0 Å². The molecular formula is C28H39N3O6S2. The Morgan fingerprint density at radius 1 is 0.949 bits per heavy atom. The quantitative estimate of drug-likeness (QED) is 0.420. The van der Waals surface area contributed by atoms with Gasteiger partial charge in [-0.05, 0) is 87.8 Å². The maximum atomic E-state index is 13.7. The van der Waals surface area contributed by atoms with Crippen LogP contribution in [0, 0.1) is 13.8 Å². The molecule has 4 heterocycles. The number of hydrogen-bond acceptors (Lipinski definition) is 7. The van der Waals surface area contributed by atoms with Crippen LogP contribution in [0.4, 0.5) is 0 Å². The molecule has 1 aromatic heterocycles. The Kier molecular flexibility index (Phi) is 8.24. The van der Waals surface area contributed by atoms with E-state index in [9.17, 15) is 16.8 Å². The molecule has 5 rings (SSSR count). The van der Waals surface area contributed by atoms with Gasteiger partial charge < -0.3 is 9.47 Å². The molecule has 0 amide bonds. The molecule has 2 bridgehead atoms. The first-order valence-corrected chi connectivity index (χ1v) is 16.9. The van der Waals surface area contributed by atoms with Crippen LogP contribution in [0.15, 0.2) is 41.6 Å². The van der Waals surface area contributed by atoms with Crippen molar-refractivity contribution < 1.29 is 26.3 Å². The smallest absolute Gasteiger partial charge is 0.243 e. The van der Waals surface area contributed by atoms with E-state index in [0.717, 1.165) is 31.4 Å². The Balaban J connectivity index is 1.20. The number of aryl methyl sites for hydroxylation is 2. The molecule has 0 aliphatic carbocycles. The molecule has 3 aliphatic heterocycles. The van der Waals surface area contributed by atoms with Gasteiger partial charge in [-0.3, -0.25) is 4.98 Å². The molecule has 9 nitrogen and oxygen atoms in total. The van der Waals surface area contributed by atoms with Crippen molar-refractivity contribution in [2.24, 2.45) is 0 Å². The van der Waals surface area contributed by atoms with Crippen LogP contribution in [0.3, 0.4) is 0 Å². The lowest BCUT2D eigenvalue weighted by molar-refractivity contribution is 0.0956. The Bertz CT molecular complexity index is 1350. The number of pyridine rings is 1. The Morgan fingerprint density at radius 3 is 2.21 bits per heavy atom. The summed E-state index contributed by atoms with van der Waals surface area (Å²) in [5, 5.41) is 0. The van der Waals surface area contributed by atoms with Gasteiger partial charge in [-0.2, -0.15) is 8.61 Å². The van der Waals surface area contributed by atoms with E-state index >= 15 is 0 Å². The highest BCUT2D eigenvalue weighted by molar-refractivity contribution is 7.89. The van der Waals surface area contributed by atoms with Crippen molar-refractivity contribution in [2.45, 2.75) is 94.3 Å². The third-order valence-electron chi connectivity index (χ3n) is 8.40. The average molecular weight is 578 g/mol. The molecular weight excluding hydrogens is 538 g/mol. The number of rotatable bonds is 10. The van der Waals surface area contributed by atoms with Crippen LogP contribution in [0.5, 0.6) is 11.5 Å². The summed E-state index contributed by atoms with van der Waals surface area (Å²) < 4.78 is 69.1. The van der Waals surface area contributed by atoms with E-state index in [1.165, 1.54) is 0 Å². The molecule has 3 atom stereocenters. The van der Waals surface area contributed by atoms with E-state index in [1.54, 1.807) is 54.1 Å². The minimum atomic E-state index is -3.70. The lowest BCUT2D eigenvalue weighted by Gasteiger charge is -2.38. The molecule has 0 radical (unpaired) electrons. The highest BCUT2D eigenvalue weighted by atomic mass is 32.2. The molecule has 3 aliphatic rings. The summed E-state index contributed by atoms with van der Waals surface area (Å²) in [6.07, 6.45) is 8.97. The predicted molar refractivity (Wildman–Crippen MR) is 149 cm³/mol. The van der Waals surface area contributed by atoms with Crippen molar-refractivity contribution in [1.82, 2.24) is 13.6 Å². The number of hydrogen-bond donors (Lipinski definition) is 0. The zero-order valence-electron chi connectivity index (χ0n) is 23.0. The second-order valence-corrected chi connectivity index (χ2v) is 14.9. The summed E-state index contributed by atoms with van der Waals surface area (Å²) in [7, 11) is -5.58. The van der Waals surface area contributed by atoms with Gasteiger partial charge in [0.2, 0.25) is 20.0 Å². The number of nitrogens with zero attached hydrogens (tertiary/aromatic N) is 3. The molecule has 0 spiro atoms. The highest BCUT2D eigenvalue weighted by Crippen LogP contribution is 2.40. The number of benzene rings is 1. The van der Waals surface area contributed by atoms with Gasteiger partial charge in [0.1, 0.15) is 17.6 Å². The predicted octanol–water partition coefficient (Wildman–Crippen LogP) is 4.04. The van der Waals surface area contributed by atoms with Crippen molar-refractivity contribution in [2.75, 3.05) is 19.4 Å². The molecule has 1 aromatic carbocycles. The summed E-state index contributed by atoms with van der Waals surface area (Å²) in [4.78, 5) is 4.35. The summed E-state index contributed by atoms with van der Waals surface area (Å²) >= 11 is 0. The van der Waals surface area contributed by atoms with Crippen LogP contribution >= 0.6 is 0 Å². The summed E-state index contributed by atoms with van der Waals surface area (Å²) in [6, 6.07) is 6.88. The molecule has 11 heteroatoms. The lowest BCUT2D eigenvalue weighted by Crippen LogP contribution is -2.50. The third kappa shape index (κ3) is 5.82. The van der Waals surface area contributed by atoms with Crippen molar-refractivity contribution in [3.8, 4) is 11.5 Å². The van der Waals surface area contributed by atoms with Crippen molar-refractivity contribution >= 4 is 20.0 Å². The first-order chi connectivity index (χ1) is 18.6. The molecule has 39 heavy (non-hydrogen) atoms. The molecule has 0 saturated carbocycles. The number of piperidine rings is 1. The fraction of sp³-hybridized carbons (Fsp3) is 0.607. The monoisotopic (exact) mass is 577 g/mol. The highest BCUT2D eigenvalue weighted by Gasteiger charge is 2.47. The van der Waals surface area contributed by atoms with Gasteiger partial charge in [0.25, 0.3) is 0 Å². The number of sulfonamides is 2. The van der Waals surface area contributed by atoms with E-state index < -0.39 is 20.0 Å². The Labute approximate surface area is 232 Å². The van der Waals surface area contributed by atoms with E-state index in [4.69, 9.17) is 9.47 Å². The summed E-state index contributed by atoms with van der Waals surface area (Å²) in [6.45, 7) is 4.04. The first kappa shape index (κ1) is 28.3. The van der Waals surface area contributed by atoms with Crippen LogP contribution in [-0.2, 0) is 20.0 Å². The molecule has 2 unspecified atom stereocenters. The zero-order valence-corrected chi connectivity index (χ0v) is 24.6. The number of aromatic nitrogens is 1. The molecule has 214 valence electrons. The second kappa shape index (κ2) is 11.3. The number of fused-ring (bicyclic) bond motifs is 2. The minimum Gasteiger partial charge on any atom is -0.497 e. The number of methoxy groups -OCH3 is 1. The van der Waals surface area contributed by atoms with Gasteiger partial charge in [-0.25, -0.2) is 16.8 Å². The fourth-order valence-electron chi connectivity index (χ4n) is 6.82. The van der Waals surface area contributed by atoms with E-state index in [2.05, 4.69) is 4.98 Å². The van der Waals surface area contributed by atoms with Crippen LogP contribution in [-0.4, -0.2) is 74.1 Å². The lowest BCUT2D eigenvalue weighted by atomic mass is 10.0. The maximum Gasteiger partial charge on any atom is 0.243 e. The van der Waals surface area contributed by atoms with Crippen molar-refractivity contribution in [3.05, 3.63) is 47.8 Å². The largest absolute Gasteiger partial charge is 0.497 e. The zero-order chi connectivity index (χ0) is 27.8. The fourth-order valence-corrected chi connectivity index (χ4v) is 11.0. The molecule has 3 saturated heterocycles. The average Bonchev–Trinajstić information content (AvgIpc) is 3.47. The third-order valence-corrected chi connectivity index (χ3v) is 12.7.